The van der Waals surface area contributed by atoms with E-state index in [0.717, 1.165) is 11.1 Å². The molecular formula is C20H21ClN2O4. The van der Waals surface area contributed by atoms with E-state index in [4.69, 9.17) is 16.3 Å². The van der Waals surface area contributed by atoms with Gasteiger partial charge in [-0.25, -0.2) is 0 Å². The predicted molar refractivity (Wildman–Crippen MR) is 103 cm³/mol. The maximum atomic E-state index is 11.9. The first-order valence-corrected chi connectivity index (χ1v) is 8.84. The molecule has 0 saturated carbocycles. The quantitative estimate of drug-likeness (QED) is 0.680. The lowest BCUT2D eigenvalue weighted by Crippen LogP contribution is -2.25. The van der Waals surface area contributed by atoms with Crippen LogP contribution in [0.3, 0.4) is 0 Å². The summed E-state index contributed by atoms with van der Waals surface area (Å²) in [5.41, 5.74) is 2.26. The average molecular weight is 389 g/mol. The molecule has 0 spiro atoms. The van der Waals surface area contributed by atoms with Crippen molar-refractivity contribution < 1.29 is 19.1 Å². The van der Waals surface area contributed by atoms with Crippen LogP contribution in [0.1, 0.15) is 24.0 Å². The van der Waals surface area contributed by atoms with Gasteiger partial charge in [0.25, 0.3) is 5.91 Å². The highest BCUT2D eigenvalue weighted by atomic mass is 35.5. The van der Waals surface area contributed by atoms with Gasteiger partial charge in [0.2, 0.25) is 5.91 Å². The van der Waals surface area contributed by atoms with E-state index in [0.29, 0.717) is 17.3 Å². The first-order chi connectivity index (χ1) is 13.0. The van der Waals surface area contributed by atoms with Crippen molar-refractivity contribution in [3.8, 4) is 0 Å². The number of esters is 1. The summed E-state index contributed by atoms with van der Waals surface area (Å²) in [6, 6.07) is 14.6. The van der Waals surface area contributed by atoms with Gasteiger partial charge in [0, 0.05) is 23.7 Å². The van der Waals surface area contributed by atoms with Crippen LogP contribution in [0, 0.1) is 6.92 Å². The van der Waals surface area contributed by atoms with E-state index in [1.54, 1.807) is 25.1 Å². The first-order valence-electron chi connectivity index (χ1n) is 8.47. The van der Waals surface area contributed by atoms with Gasteiger partial charge in [-0.15, -0.1) is 0 Å². The standard InChI is InChI=1S/C20H21ClN2O4/c1-14-16(21)8-5-9-17(14)23-19(25)13-27-20(26)11-10-18(24)22-12-15-6-3-2-4-7-15/h2-9H,10-13H2,1H3,(H,22,24)(H,23,25). The Morgan fingerprint density at radius 3 is 2.44 bits per heavy atom. The Hall–Kier alpha value is -2.86. The van der Waals surface area contributed by atoms with Crippen molar-refractivity contribution in [2.75, 3.05) is 11.9 Å². The van der Waals surface area contributed by atoms with Crippen molar-refractivity contribution >= 4 is 35.1 Å². The molecule has 0 fully saturated rings. The number of rotatable bonds is 8. The number of halogens is 1. The molecule has 0 saturated heterocycles. The summed E-state index contributed by atoms with van der Waals surface area (Å²) in [4.78, 5) is 35.3. The number of nitrogens with one attached hydrogen (secondary N) is 2. The molecule has 2 rings (SSSR count). The van der Waals surface area contributed by atoms with Crippen molar-refractivity contribution in [2.45, 2.75) is 26.3 Å². The molecule has 7 heteroatoms. The Bertz CT molecular complexity index is 809. The fraction of sp³-hybridized carbons (Fsp3) is 0.250. The van der Waals surface area contributed by atoms with E-state index >= 15 is 0 Å². The molecule has 2 N–H and O–H groups in total. The first kappa shape index (κ1) is 20.5. The van der Waals surface area contributed by atoms with E-state index < -0.39 is 18.5 Å². The molecule has 6 nitrogen and oxygen atoms in total. The van der Waals surface area contributed by atoms with Crippen molar-refractivity contribution in [3.63, 3.8) is 0 Å². The normalized spacial score (nSPS) is 10.1. The fourth-order valence-corrected chi connectivity index (χ4v) is 2.42. The molecule has 0 radical (unpaired) electrons. The van der Waals surface area contributed by atoms with Crippen LogP contribution in [0.2, 0.25) is 5.02 Å². The summed E-state index contributed by atoms with van der Waals surface area (Å²) >= 11 is 5.99. The minimum atomic E-state index is -0.608. The number of carbonyl (C=O) groups is 3. The number of hydrogen-bond donors (Lipinski definition) is 2. The Morgan fingerprint density at radius 1 is 0.963 bits per heavy atom. The molecule has 0 aliphatic heterocycles. The number of amides is 2. The summed E-state index contributed by atoms with van der Waals surface area (Å²) in [6.07, 6.45) is -0.0925. The summed E-state index contributed by atoms with van der Waals surface area (Å²) in [7, 11) is 0. The third-order valence-corrected chi connectivity index (χ3v) is 4.20. The highest BCUT2D eigenvalue weighted by Crippen LogP contribution is 2.22. The van der Waals surface area contributed by atoms with Crippen molar-refractivity contribution in [1.29, 1.82) is 0 Å². The molecule has 0 aliphatic carbocycles. The van der Waals surface area contributed by atoms with Gasteiger partial charge in [-0.3, -0.25) is 14.4 Å². The van der Waals surface area contributed by atoms with Gasteiger partial charge in [-0.1, -0.05) is 48.0 Å². The molecule has 2 aromatic rings. The van der Waals surface area contributed by atoms with Gasteiger partial charge < -0.3 is 15.4 Å². The van der Waals surface area contributed by atoms with Gasteiger partial charge in [-0.05, 0) is 30.2 Å². The third-order valence-electron chi connectivity index (χ3n) is 3.79. The van der Waals surface area contributed by atoms with Crippen LogP contribution < -0.4 is 10.6 Å². The zero-order chi connectivity index (χ0) is 19.6. The van der Waals surface area contributed by atoms with E-state index in [1.165, 1.54) is 0 Å². The lowest BCUT2D eigenvalue weighted by molar-refractivity contribution is -0.148. The van der Waals surface area contributed by atoms with Crippen molar-refractivity contribution in [3.05, 3.63) is 64.7 Å². The molecule has 0 heterocycles. The monoisotopic (exact) mass is 388 g/mol. The lowest BCUT2D eigenvalue weighted by atomic mass is 10.2. The zero-order valence-corrected chi connectivity index (χ0v) is 15.7. The fourth-order valence-electron chi connectivity index (χ4n) is 2.25. The van der Waals surface area contributed by atoms with Crippen LogP contribution in [-0.4, -0.2) is 24.4 Å². The van der Waals surface area contributed by atoms with Crippen LogP contribution in [0.5, 0.6) is 0 Å². The Labute approximate surface area is 162 Å². The SMILES string of the molecule is Cc1c(Cl)cccc1NC(=O)COC(=O)CCC(=O)NCc1ccccc1. The highest BCUT2D eigenvalue weighted by molar-refractivity contribution is 6.31. The molecule has 27 heavy (non-hydrogen) atoms. The second-order valence-corrected chi connectivity index (χ2v) is 6.29. The number of benzene rings is 2. The topological polar surface area (TPSA) is 84.5 Å². The largest absolute Gasteiger partial charge is 0.456 e. The second kappa shape index (κ2) is 10.3. The Balaban J connectivity index is 1.66. The van der Waals surface area contributed by atoms with E-state index in [2.05, 4.69) is 10.6 Å². The van der Waals surface area contributed by atoms with Crippen LogP contribution in [0.15, 0.2) is 48.5 Å². The number of ether oxygens (including phenoxy) is 1. The number of carbonyl (C=O) groups excluding carboxylic acids is 3. The molecular weight excluding hydrogens is 368 g/mol. The van der Waals surface area contributed by atoms with Crippen molar-refractivity contribution in [2.24, 2.45) is 0 Å². The van der Waals surface area contributed by atoms with Crippen LogP contribution in [-0.2, 0) is 25.7 Å². The van der Waals surface area contributed by atoms with Gasteiger partial charge in [0.05, 0.1) is 6.42 Å². The van der Waals surface area contributed by atoms with Crippen LogP contribution >= 0.6 is 11.6 Å². The Kier molecular flexibility index (Phi) is 7.82. The summed E-state index contributed by atoms with van der Waals surface area (Å²) in [5, 5.41) is 5.89. The van der Waals surface area contributed by atoms with E-state index in [9.17, 15) is 14.4 Å². The predicted octanol–water partition coefficient (Wildman–Crippen LogP) is 3.23. The molecule has 142 valence electrons. The molecule has 0 bridgehead atoms. The Morgan fingerprint density at radius 2 is 1.70 bits per heavy atom. The summed E-state index contributed by atoms with van der Waals surface area (Å²) in [6.45, 7) is 1.75. The molecule has 0 atom stereocenters. The molecule has 2 aromatic carbocycles. The zero-order valence-electron chi connectivity index (χ0n) is 15.0. The summed E-state index contributed by atoms with van der Waals surface area (Å²) < 4.78 is 4.90. The highest BCUT2D eigenvalue weighted by Gasteiger charge is 2.12. The van der Waals surface area contributed by atoms with E-state index in [-0.39, 0.29) is 18.7 Å². The number of hydrogen-bond acceptors (Lipinski definition) is 4. The van der Waals surface area contributed by atoms with Gasteiger partial charge >= 0.3 is 5.97 Å². The third kappa shape index (κ3) is 7.11. The smallest absolute Gasteiger partial charge is 0.306 e. The van der Waals surface area contributed by atoms with Crippen LogP contribution in [0.4, 0.5) is 5.69 Å². The minimum absolute atomic E-state index is 0.000682. The summed E-state index contributed by atoms with van der Waals surface area (Å²) in [5.74, 6) is -1.33. The number of anilines is 1. The maximum Gasteiger partial charge on any atom is 0.306 e. The lowest BCUT2D eigenvalue weighted by Gasteiger charge is -2.10. The van der Waals surface area contributed by atoms with Gasteiger partial charge in [0.15, 0.2) is 6.61 Å². The van der Waals surface area contributed by atoms with Gasteiger partial charge in [-0.2, -0.15) is 0 Å². The van der Waals surface area contributed by atoms with Crippen LogP contribution in [0.25, 0.3) is 0 Å². The average Bonchev–Trinajstić information content (AvgIpc) is 2.67. The maximum absolute atomic E-state index is 11.9. The molecule has 0 aromatic heterocycles. The molecule has 0 unspecified atom stereocenters. The molecule has 2 amide bonds. The van der Waals surface area contributed by atoms with Gasteiger partial charge in [0.1, 0.15) is 0 Å². The van der Waals surface area contributed by atoms with Crippen molar-refractivity contribution in [1.82, 2.24) is 5.32 Å². The molecule has 0 aliphatic rings. The minimum Gasteiger partial charge on any atom is -0.456 e. The van der Waals surface area contributed by atoms with E-state index in [1.807, 2.05) is 30.3 Å². The second-order valence-electron chi connectivity index (χ2n) is 5.88.